The molecule has 0 aromatic carbocycles. The number of aromatic nitrogens is 1. The smallest absolute Gasteiger partial charge is 0.334 e. The predicted molar refractivity (Wildman–Crippen MR) is 72.7 cm³/mol. The number of nitrogens with two attached hydrogens (primary N) is 1. The molecule has 5 nitrogen and oxygen atoms in total. The van der Waals surface area contributed by atoms with Crippen molar-refractivity contribution in [1.82, 2.24) is 15.2 Å². The lowest BCUT2D eigenvalue weighted by molar-refractivity contribution is -0.138. The fourth-order valence-electron chi connectivity index (χ4n) is 3.17. The van der Waals surface area contributed by atoms with Crippen LogP contribution in [0.2, 0.25) is 0 Å². The zero-order valence-electron chi connectivity index (χ0n) is 11.9. The molecule has 8 heteroatoms. The normalized spacial score (nSPS) is 27.3. The summed E-state index contributed by atoms with van der Waals surface area (Å²) in [5.74, 6) is 0.308. The standard InChI is InChI=1S/C14H17F3N4O/c15-14(16,17)11-2-4-19-5-9(11)6-20-12(22)21-7-10-1-3-13(10,18)8-21/h2,4-5,10H,1,3,6-8,18H2,(H,20,22)/t10-,13-/m0/s1. The molecule has 2 fully saturated rings. The highest BCUT2D eigenvalue weighted by Crippen LogP contribution is 2.42. The van der Waals surface area contributed by atoms with E-state index in [1.807, 2.05) is 0 Å². The third kappa shape index (κ3) is 2.63. The quantitative estimate of drug-likeness (QED) is 0.873. The van der Waals surface area contributed by atoms with Gasteiger partial charge in [-0.2, -0.15) is 13.2 Å². The van der Waals surface area contributed by atoms with Crippen LogP contribution in [0.1, 0.15) is 24.0 Å². The van der Waals surface area contributed by atoms with Gasteiger partial charge in [0.2, 0.25) is 0 Å². The second kappa shape index (κ2) is 5.12. The number of amides is 2. The summed E-state index contributed by atoms with van der Waals surface area (Å²) in [6, 6.07) is 0.531. The van der Waals surface area contributed by atoms with E-state index in [1.54, 1.807) is 4.90 Å². The summed E-state index contributed by atoms with van der Waals surface area (Å²) in [4.78, 5) is 17.4. The molecule has 1 saturated heterocycles. The van der Waals surface area contributed by atoms with Gasteiger partial charge in [-0.25, -0.2) is 4.79 Å². The van der Waals surface area contributed by atoms with Gasteiger partial charge in [0.15, 0.2) is 0 Å². The first-order valence-electron chi connectivity index (χ1n) is 7.11. The van der Waals surface area contributed by atoms with Crippen molar-refractivity contribution in [3.8, 4) is 0 Å². The number of rotatable bonds is 2. The van der Waals surface area contributed by atoms with Gasteiger partial charge in [0, 0.05) is 43.1 Å². The maximum atomic E-state index is 12.9. The minimum atomic E-state index is -4.46. The molecule has 2 atom stereocenters. The van der Waals surface area contributed by atoms with Crippen LogP contribution >= 0.6 is 0 Å². The van der Waals surface area contributed by atoms with Gasteiger partial charge in [-0.05, 0) is 24.8 Å². The van der Waals surface area contributed by atoms with Gasteiger partial charge in [-0.3, -0.25) is 4.98 Å². The number of likely N-dealkylation sites (tertiary alicyclic amines) is 1. The van der Waals surface area contributed by atoms with E-state index in [-0.39, 0.29) is 23.7 Å². The van der Waals surface area contributed by atoms with Crippen LogP contribution in [-0.2, 0) is 12.7 Å². The Morgan fingerprint density at radius 2 is 2.32 bits per heavy atom. The van der Waals surface area contributed by atoms with Crippen molar-refractivity contribution in [2.75, 3.05) is 13.1 Å². The summed E-state index contributed by atoms with van der Waals surface area (Å²) < 4.78 is 38.6. The van der Waals surface area contributed by atoms with E-state index in [9.17, 15) is 18.0 Å². The van der Waals surface area contributed by atoms with Gasteiger partial charge in [0.25, 0.3) is 0 Å². The average molecular weight is 314 g/mol. The molecule has 3 rings (SSSR count). The SMILES string of the molecule is N[C@]12CC[C@H]1CN(C(=O)NCc1cnccc1C(F)(F)F)C2. The highest BCUT2D eigenvalue weighted by molar-refractivity contribution is 5.75. The maximum Gasteiger partial charge on any atom is 0.416 e. The number of carbonyl (C=O) groups excluding carboxylic acids is 1. The van der Waals surface area contributed by atoms with Crippen molar-refractivity contribution in [3.05, 3.63) is 29.6 Å². The zero-order valence-corrected chi connectivity index (χ0v) is 11.9. The predicted octanol–water partition coefficient (Wildman–Crippen LogP) is 1.73. The Balaban J connectivity index is 1.63. The van der Waals surface area contributed by atoms with Crippen LogP contribution in [0.3, 0.4) is 0 Å². The zero-order chi connectivity index (χ0) is 16.0. The topological polar surface area (TPSA) is 71.2 Å². The summed E-state index contributed by atoms with van der Waals surface area (Å²) in [5.41, 5.74) is 5.02. The number of hydrogen-bond donors (Lipinski definition) is 2. The molecule has 1 aliphatic carbocycles. The Morgan fingerprint density at radius 1 is 1.55 bits per heavy atom. The molecule has 1 aliphatic heterocycles. The number of alkyl halides is 3. The summed E-state index contributed by atoms with van der Waals surface area (Å²) in [6.07, 6.45) is -0.355. The van der Waals surface area contributed by atoms with Crippen LogP contribution in [-0.4, -0.2) is 34.5 Å². The average Bonchev–Trinajstić information content (AvgIpc) is 2.68. The van der Waals surface area contributed by atoms with Gasteiger partial charge in [-0.1, -0.05) is 0 Å². The largest absolute Gasteiger partial charge is 0.416 e. The molecule has 0 bridgehead atoms. The Labute approximate surface area is 125 Å². The number of urea groups is 1. The molecule has 2 heterocycles. The van der Waals surface area contributed by atoms with E-state index >= 15 is 0 Å². The first-order valence-corrected chi connectivity index (χ1v) is 7.11. The first-order chi connectivity index (χ1) is 10.3. The van der Waals surface area contributed by atoms with Crippen LogP contribution in [0.15, 0.2) is 18.5 Å². The fraction of sp³-hybridized carbons (Fsp3) is 0.571. The Hall–Kier alpha value is -1.83. The molecule has 3 N–H and O–H groups in total. The number of hydrogen-bond acceptors (Lipinski definition) is 3. The first kappa shape index (κ1) is 15.1. The molecule has 22 heavy (non-hydrogen) atoms. The molecular weight excluding hydrogens is 297 g/mol. The van der Waals surface area contributed by atoms with Crippen LogP contribution < -0.4 is 11.1 Å². The lowest BCUT2D eigenvalue weighted by atomic mass is 9.70. The monoisotopic (exact) mass is 314 g/mol. The van der Waals surface area contributed by atoms with Gasteiger partial charge in [0.05, 0.1) is 5.56 Å². The minimum Gasteiger partial charge on any atom is -0.334 e. The summed E-state index contributed by atoms with van der Waals surface area (Å²) in [6.45, 7) is 0.824. The highest BCUT2D eigenvalue weighted by atomic mass is 19.4. The molecular formula is C14H17F3N4O. The second-order valence-corrected chi connectivity index (χ2v) is 6.04. The van der Waals surface area contributed by atoms with Crippen molar-refractivity contribution in [1.29, 1.82) is 0 Å². The number of nitrogens with zero attached hydrogens (tertiary/aromatic N) is 2. The minimum absolute atomic E-state index is 0.0482. The molecule has 2 amide bonds. The Kier molecular flexibility index (Phi) is 3.51. The van der Waals surface area contributed by atoms with E-state index in [4.69, 9.17) is 5.73 Å². The highest BCUT2D eigenvalue weighted by Gasteiger charge is 2.51. The lowest BCUT2D eigenvalue weighted by Crippen LogP contribution is -2.55. The van der Waals surface area contributed by atoms with Crippen LogP contribution in [0.5, 0.6) is 0 Å². The fourth-order valence-corrected chi connectivity index (χ4v) is 3.17. The van der Waals surface area contributed by atoms with Crippen LogP contribution in [0, 0.1) is 5.92 Å². The van der Waals surface area contributed by atoms with Gasteiger partial charge in [-0.15, -0.1) is 0 Å². The number of nitrogens with one attached hydrogen (secondary N) is 1. The lowest BCUT2D eigenvalue weighted by Gasteiger charge is -2.39. The third-order valence-corrected chi connectivity index (χ3v) is 4.62. The van der Waals surface area contributed by atoms with Crippen molar-refractivity contribution in [2.45, 2.75) is 31.1 Å². The van der Waals surface area contributed by atoms with Crippen LogP contribution in [0.4, 0.5) is 18.0 Å². The summed E-state index contributed by atoms with van der Waals surface area (Å²) >= 11 is 0. The van der Waals surface area contributed by atoms with Crippen molar-refractivity contribution >= 4 is 6.03 Å². The van der Waals surface area contributed by atoms with E-state index in [1.165, 1.54) is 0 Å². The molecule has 0 spiro atoms. The van der Waals surface area contributed by atoms with E-state index in [0.717, 1.165) is 31.3 Å². The number of fused-ring (bicyclic) bond motifs is 1. The molecule has 1 aromatic rings. The van der Waals surface area contributed by atoms with Crippen molar-refractivity contribution in [3.63, 3.8) is 0 Å². The van der Waals surface area contributed by atoms with Gasteiger partial charge >= 0.3 is 12.2 Å². The maximum absolute atomic E-state index is 12.9. The molecule has 120 valence electrons. The molecule has 1 saturated carbocycles. The summed E-state index contributed by atoms with van der Waals surface area (Å²) in [5, 5.41) is 2.53. The summed E-state index contributed by atoms with van der Waals surface area (Å²) in [7, 11) is 0. The van der Waals surface area contributed by atoms with E-state index in [0.29, 0.717) is 19.0 Å². The van der Waals surface area contributed by atoms with E-state index in [2.05, 4.69) is 10.3 Å². The van der Waals surface area contributed by atoms with Crippen LogP contribution in [0.25, 0.3) is 0 Å². The molecule has 0 radical (unpaired) electrons. The molecule has 2 aliphatic rings. The van der Waals surface area contributed by atoms with Gasteiger partial charge in [0.1, 0.15) is 0 Å². The number of halogens is 3. The van der Waals surface area contributed by atoms with Crippen molar-refractivity contribution < 1.29 is 18.0 Å². The number of carbonyl (C=O) groups is 1. The van der Waals surface area contributed by atoms with E-state index < -0.39 is 11.7 Å². The third-order valence-electron chi connectivity index (χ3n) is 4.62. The number of pyridine rings is 1. The Morgan fingerprint density at radius 3 is 2.86 bits per heavy atom. The molecule has 0 unspecified atom stereocenters. The molecule has 1 aromatic heterocycles. The van der Waals surface area contributed by atoms with Gasteiger partial charge < -0.3 is 16.0 Å². The second-order valence-electron chi connectivity index (χ2n) is 6.04. The Bertz CT molecular complexity index is 592. The van der Waals surface area contributed by atoms with Crippen molar-refractivity contribution in [2.24, 2.45) is 11.7 Å².